The summed E-state index contributed by atoms with van der Waals surface area (Å²) in [6.07, 6.45) is -9.94. The SMILES string of the molecule is CC(C)Cn1c(=O)n(C)c2cc(-c3c(C(F)(F)F)cccc3C(F)(F)F)ccc21. The first-order chi connectivity index (χ1) is 13.3. The van der Waals surface area contributed by atoms with Crippen molar-refractivity contribution >= 4 is 11.0 Å². The number of hydrogen-bond acceptors (Lipinski definition) is 1. The van der Waals surface area contributed by atoms with Crippen molar-refractivity contribution in [3.05, 3.63) is 58.0 Å². The maximum absolute atomic E-state index is 13.5. The van der Waals surface area contributed by atoms with E-state index in [1.54, 1.807) is 0 Å². The molecule has 0 aliphatic rings. The highest BCUT2D eigenvalue weighted by molar-refractivity contribution is 5.85. The molecule has 0 N–H and O–H groups in total. The van der Waals surface area contributed by atoms with Gasteiger partial charge in [0.1, 0.15) is 0 Å². The fourth-order valence-corrected chi connectivity index (χ4v) is 3.44. The summed E-state index contributed by atoms with van der Waals surface area (Å²) in [5, 5.41) is 0. The first-order valence-corrected chi connectivity index (χ1v) is 8.79. The molecule has 3 nitrogen and oxygen atoms in total. The number of aryl methyl sites for hydroxylation is 1. The van der Waals surface area contributed by atoms with Crippen molar-refractivity contribution in [2.75, 3.05) is 0 Å². The van der Waals surface area contributed by atoms with Gasteiger partial charge in [0.2, 0.25) is 0 Å². The molecule has 1 aromatic heterocycles. The molecule has 1 heterocycles. The number of nitrogens with zero attached hydrogens (tertiary/aromatic N) is 2. The van der Waals surface area contributed by atoms with Crippen LogP contribution in [-0.2, 0) is 25.9 Å². The highest BCUT2D eigenvalue weighted by Gasteiger charge is 2.41. The summed E-state index contributed by atoms with van der Waals surface area (Å²) >= 11 is 0. The number of benzene rings is 2. The molecule has 156 valence electrons. The predicted octanol–water partition coefficient (Wildman–Crippen LogP) is 5.70. The van der Waals surface area contributed by atoms with Gasteiger partial charge in [0.25, 0.3) is 0 Å². The predicted molar refractivity (Wildman–Crippen MR) is 97.5 cm³/mol. The topological polar surface area (TPSA) is 26.9 Å². The van der Waals surface area contributed by atoms with Crippen LogP contribution in [0.5, 0.6) is 0 Å². The van der Waals surface area contributed by atoms with Gasteiger partial charge in [-0.05, 0) is 35.7 Å². The van der Waals surface area contributed by atoms with Gasteiger partial charge >= 0.3 is 18.0 Å². The standard InChI is InChI=1S/C20H18F6N2O/c1-11(2)10-28-15-8-7-12(9-16(15)27(3)18(28)29)17-13(19(21,22)23)5-4-6-14(17)20(24,25)26/h4-9,11H,10H2,1-3H3. The van der Waals surface area contributed by atoms with E-state index in [0.29, 0.717) is 24.2 Å². The van der Waals surface area contributed by atoms with Crippen LogP contribution in [0.15, 0.2) is 41.2 Å². The number of aromatic nitrogens is 2. The molecule has 0 spiro atoms. The van der Waals surface area contributed by atoms with Crippen LogP contribution < -0.4 is 5.69 Å². The van der Waals surface area contributed by atoms with Crippen molar-refractivity contribution in [1.82, 2.24) is 9.13 Å². The van der Waals surface area contributed by atoms with Gasteiger partial charge in [-0.25, -0.2) is 4.79 Å². The minimum atomic E-state index is -4.97. The maximum Gasteiger partial charge on any atom is 0.417 e. The van der Waals surface area contributed by atoms with Crippen molar-refractivity contribution in [3.8, 4) is 11.1 Å². The lowest BCUT2D eigenvalue weighted by molar-refractivity contribution is -0.142. The Kier molecular flexibility index (Phi) is 5.04. The first-order valence-electron chi connectivity index (χ1n) is 8.79. The van der Waals surface area contributed by atoms with Crippen molar-refractivity contribution < 1.29 is 26.3 Å². The highest BCUT2D eigenvalue weighted by Crippen LogP contribution is 2.44. The zero-order chi connectivity index (χ0) is 21.7. The molecule has 0 aliphatic carbocycles. The largest absolute Gasteiger partial charge is 0.417 e. The fourth-order valence-electron chi connectivity index (χ4n) is 3.44. The van der Waals surface area contributed by atoms with Crippen LogP contribution in [0, 0.1) is 5.92 Å². The zero-order valence-corrected chi connectivity index (χ0v) is 15.8. The molecule has 3 rings (SSSR count). The minimum absolute atomic E-state index is 0.126. The van der Waals surface area contributed by atoms with E-state index in [2.05, 4.69) is 0 Å². The lowest BCUT2D eigenvalue weighted by Gasteiger charge is -2.19. The van der Waals surface area contributed by atoms with Crippen LogP contribution in [0.2, 0.25) is 0 Å². The normalized spacial score (nSPS) is 12.9. The summed E-state index contributed by atoms with van der Waals surface area (Å²) in [6, 6.07) is 5.77. The summed E-state index contributed by atoms with van der Waals surface area (Å²) in [5.74, 6) is 0.126. The van der Waals surface area contributed by atoms with E-state index < -0.39 is 29.0 Å². The molecule has 0 fully saturated rings. The zero-order valence-electron chi connectivity index (χ0n) is 15.8. The molecular formula is C20H18F6N2O. The Balaban J connectivity index is 2.35. The molecule has 2 aromatic carbocycles. The summed E-state index contributed by atoms with van der Waals surface area (Å²) in [6.45, 7) is 4.17. The Labute approximate surface area is 162 Å². The van der Waals surface area contributed by atoms with Crippen molar-refractivity contribution in [2.45, 2.75) is 32.7 Å². The van der Waals surface area contributed by atoms with E-state index in [9.17, 15) is 31.1 Å². The van der Waals surface area contributed by atoms with Crippen molar-refractivity contribution in [3.63, 3.8) is 0 Å². The summed E-state index contributed by atoms with van der Waals surface area (Å²) in [7, 11) is 1.44. The number of imidazole rings is 1. The molecule has 29 heavy (non-hydrogen) atoms. The molecule has 0 saturated heterocycles. The third-order valence-corrected chi connectivity index (χ3v) is 4.66. The van der Waals surface area contributed by atoms with E-state index in [0.717, 1.165) is 6.07 Å². The Morgan fingerprint density at radius 3 is 1.93 bits per heavy atom. The second-order valence-corrected chi connectivity index (χ2v) is 7.27. The van der Waals surface area contributed by atoms with Gasteiger partial charge in [0, 0.05) is 19.2 Å². The van der Waals surface area contributed by atoms with E-state index in [4.69, 9.17) is 0 Å². The average molecular weight is 416 g/mol. The lowest BCUT2D eigenvalue weighted by Crippen LogP contribution is -2.24. The van der Waals surface area contributed by atoms with Gasteiger partial charge in [0.05, 0.1) is 22.2 Å². The smallest absolute Gasteiger partial charge is 0.295 e. The van der Waals surface area contributed by atoms with E-state index in [-0.39, 0.29) is 22.7 Å². The Bertz CT molecular complexity index is 1090. The van der Waals surface area contributed by atoms with Crippen LogP contribution in [0.4, 0.5) is 26.3 Å². The lowest BCUT2D eigenvalue weighted by atomic mass is 9.93. The molecule has 0 atom stereocenters. The average Bonchev–Trinajstić information content (AvgIpc) is 2.84. The number of hydrogen-bond donors (Lipinski definition) is 0. The third-order valence-electron chi connectivity index (χ3n) is 4.66. The minimum Gasteiger partial charge on any atom is -0.295 e. The van der Waals surface area contributed by atoms with Crippen LogP contribution in [-0.4, -0.2) is 9.13 Å². The number of fused-ring (bicyclic) bond motifs is 1. The van der Waals surface area contributed by atoms with Crippen LogP contribution in [0.3, 0.4) is 0 Å². The second kappa shape index (κ2) is 6.96. The van der Waals surface area contributed by atoms with E-state index in [1.165, 1.54) is 34.4 Å². The number of rotatable bonds is 3. The third kappa shape index (κ3) is 3.77. The van der Waals surface area contributed by atoms with Gasteiger partial charge < -0.3 is 0 Å². The second-order valence-electron chi connectivity index (χ2n) is 7.27. The molecule has 0 radical (unpaired) electrons. The summed E-state index contributed by atoms with van der Waals surface area (Å²) in [4.78, 5) is 12.5. The molecule has 3 aromatic rings. The molecular weight excluding hydrogens is 398 g/mol. The number of halogens is 6. The van der Waals surface area contributed by atoms with Gasteiger partial charge in [-0.2, -0.15) is 26.3 Å². The van der Waals surface area contributed by atoms with Gasteiger partial charge in [-0.1, -0.05) is 26.0 Å². The first kappa shape index (κ1) is 21.0. The molecule has 9 heteroatoms. The maximum atomic E-state index is 13.5. The van der Waals surface area contributed by atoms with E-state index in [1.807, 2.05) is 13.8 Å². The molecule has 0 aliphatic heterocycles. The molecule has 0 saturated carbocycles. The number of alkyl halides is 6. The Hall–Kier alpha value is -2.71. The molecule has 0 unspecified atom stereocenters. The molecule has 0 amide bonds. The highest BCUT2D eigenvalue weighted by atomic mass is 19.4. The quantitative estimate of drug-likeness (QED) is 0.503. The van der Waals surface area contributed by atoms with Crippen molar-refractivity contribution in [1.29, 1.82) is 0 Å². The Morgan fingerprint density at radius 1 is 0.897 bits per heavy atom. The Morgan fingerprint density at radius 2 is 1.45 bits per heavy atom. The van der Waals surface area contributed by atoms with Crippen LogP contribution >= 0.6 is 0 Å². The van der Waals surface area contributed by atoms with Gasteiger partial charge in [-0.15, -0.1) is 0 Å². The van der Waals surface area contributed by atoms with Crippen LogP contribution in [0.1, 0.15) is 25.0 Å². The van der Waals surface area contributed by atoms with Crippen molar-refractivity contribution in [2.24, 2.45) is 13.0 Å². The molecule has 0 bridgehead atoms. The summed E-state index contributed by atoms with van der Waals surface area (Å²) in [5.41, 5.74) is -3.62. The van der Waals surface area contributed by atoms with Gasteiger partial charge in [0.15, 0.2) is 0 Å². The van der Waals surface area contributed by atoms with E-state index >= 15 is 0 Å². The van der Waals surface area contributed by atoms with Gasteiger partial charge in [-0.3, -0.25) is 9.13 Å². The fraction of sp³-hybridized carbons (Fsp3) is 0.350. The van der Waals surface area contributed by atoms with Crippen LogP contribution in [0.25, 0.3) is 22.2 Å². The summed E-state index contributed by atoms with van der Waals surface area (Å²) < 4.78 is 83.6. The monoisotopic (exact) mass is 416 g/mol.